The molecule has 0 aliphatic carbocycles. The zero-order chi connectivity index (χ0) is 12.9. The Labute approximate surface area is 103 Å². The molecule has 1 N–H and O–H groups in total. The molecule has 0 aromatic heterocycles. The van der Waals surface area contributed by atoms with Gasteiger partial charge in [-0.1, -0.05) is 18.6 Å². The monoisotopic (exact) mass is 256 g/mol. The van der Waals surface area contributed by atoms with Crippen LogP contribution in [-0.4, -0.2) is 25.9 Å². The summed E-state index contributed by atoms with van der Waals surface area (Å²) in [5, 5.41) is 8.64. The number of aryl methyl sites for hydroxylation is 2. The van der Waals surface area contributed by atoms with Gasteiger partial charge in [-0.2, -0.15) is 0 Å². The molecule has 1 rings (SSSR count). The van der Waals surface area contributed by atoms with Crippen molar-refractivity contribution >= 4 is 9.84 Å². The molecular weight excluding hydrogens is 236 g/mol. The quantitative estimate of drug-likeness (QED) is 0.794. The fourth-order valence-electron chi connectivity index (χ4n) is 1.73. The van der Waals surface area contributed by atoms with E-state index in [9.17, 15) is 8.42 Å². The minimum atomic E-state index is -3.18. The Balaban J connectivity index is 2.79. The van der Waals surface area contributed by atoms with E-state index in [-0.39, 0.29) is 12.4 Å². The topological polar surface area (TPSA) is 54.4 Å². The van der Waals surface area contributed by atoms with Gasteiger partial charge in [-0.05, 0) is 43.9 Å². The summed E-state index contributed by atoms with van der Waals surface area (Å²) in [6, 6.07) is 5.49. The van der Waals surface area contributed by atoms with Crippen molar-refractivity contribution in [1.82, 2.24) is 0 Å². The first-order valence-corrected chi connectivity index (χ1v) is 7.53. The second-order valence-electron chi connectivity index (χ2n) is 4.37. The van der Waals surface area contributed by atoms with E-state index >= 15 is 0 Å². The van der Waals surface area contributed by atoms with E-state index < -0.39 is 9.84 Å². The molecule has 0 fully saturated rings. The summed E-state index contributed by atoms with van der Waals surface area (Å²) < 4.78 is 24.2. The Kier molecular flexibility index (Phi) is 5.15. The fourth-order valence-corrected chi connectivity index (χ4v) is 3.46. The molecule has 0 heterocycles. The van der Waals surface area contributed by atoms with Gasteiger partial charge < -0.3 is 5.11 Å². The molecular formula is C13H20O3S. The molecule has 1 aromatic rings. The third kappa shape index (κ3) is 4.13. The molecule has 0 saturated carbocycles. The number of benzene rings is 1. The van der Waals surface area contributed by atoms with Crippen LogP contribution in [0.25, 0.3) is 0 Å². The second kappa shape index (κ2) is 6.17. The molecule has 96 valence electrons. The summed E-state index contributed by atoms with van der Waals surface area (Å²) in [4.78, 5) is 0.446. The summed E-state index contributed by atoms with van der Waals surface area (Å²) in [6.07, 6.45) is 2.03. The van der Waals surface area contributed by atoms with Gasteiger partial charge in [0.15, 0.2) is 9.84 Å². The highest BCUT2D eigenvalue weighted by atomic mass is 32.2. The molecule has 3 nitrogen and oxygen atoms in total. The molecule has 0 unspecified atom stereocenters. The molecule has 0 radical (unpaired) electrons. The molecule has 17 heavy (non-hydrogen) atoms. The van der Waals surface area contributed by atoms with Crippen molar-refractivity contribution in [3.8, 4) is 0 Å². The summed E-state index contributed by atoms with van der Waals surface area (Å²) >= 11 is 0. The van der Waals surface area contributed by atoms with E-state index in [0.29, 0.717) is 17.7 Å². The maximum absolute atomic E-state index is 12.1. The number of hydrogen-bond acceptors (Lipinski definition) is 3. The smallest absolute Gasteiger partial charge is 0.178 e. The average Bonchev–Trinajstić information content (AvgIpc) is 2.28. The number of sulfone groups is 1. The van der Waals surface area contributed by atoms with Crippen LogP contribution in [-0.2, 0) is 9.84 Å². The first kappa shape index (κ1) is 14.2. The SMILES string of the molecule is Cc1ccc(C)c(S(=O)(=O)CCCCCO)c1. The fraction of sp³-hybridized carbons (Fsp3) is 0.538. The Hall–Kier alpha value is -0.870. The molecule has 0 amide bonds. The summed E-state index contributed by atoms with van der Waals surface area (Å²) in [5.74, 6) is 0.164. The van der Waals surface area contributed by atoms with Crippen LogP contribution in [0.5, 0.6) is 0 Å². The van der Waals surface area contributed by atoms with Crippen LogP contribution in [0.2, 0.25) is 0 Å². The predicted molar refractivity (Wildman–Crippen MR) is 68.9 cm³/mol. The molecule has 0 bridgehead atoms. The predicted octanol–water partition coefficient (Wildman–Crippen LogP) is 2.24. The zero-order valence-electron chi connectivity index (χ0n) is 10.4. The normalized spacial score (nSPS) is 11.7. The van der Waals surface area contributed by atoms with Crippen LogP contribution < -0.4 is 0 Å². The Morgan fingerprint density at radius 3 is 2.47 bits per heavy atom. The first-order chi connectivity index (χ1) is 7.97. The lowest BCUT2D eigenvalue weighted by Gasteiger charge is -2.08. The second-order valence-corrected chi connectivity index (χ2v) is 6.45. The van der Waals surface area contributed by atoms with Gasteiger partial charge in [0.05, 0.1) is 10.6 Å². The molecule has 0 saturated heterocycles. The lowest BCUT2D eigenvalue weighted by Crippen LogP contribution is -2.09. The van der Waals surface area contributed by atoms with E-state index in [4.69, 9.17) is 5.11 Å². The largest absolute Gasteiger partial charge is 0.396 e. The Morgan fingerprint density at radius 2 is 1.82 bits per heavy atom. The zero-order valence-corrected chi connectivity index (χ0v) is 11.3. The van der Waals surface area contributed by atoms with Crippen LogP contribution in [0.4, 0.5) is 0 Å². The van der Waals surface area contributed by atoms with Crippen LogP contribution in [0.1, 0.15) is 30.4 Å². The third-order valence-corrected chi connectivity index (χ3v) is 4.69. The molecule has 0 spiro atoms. The van der Waals surface area contributed by atoms with E-state index in [1.54, 1.807) is 6.07 Å². The number of hydrogen-bond donors (Lipinski definition) is 1. The van der Waals surface area contributed by atoms with Gasteiger partial charge in [-0.25, -0.2) is 8.42 Å². The summed E-state index contributed by atoms with van der Waals surface area (Å²) in [7, 11) is -3.18. The van der Waals surface area contributed by atoms with E-state index in [0.717, 1.165) is 17.5 Å². The molecule has 4 heteroatoms. The number of rotatable bonds is 6. The van der Waals surface area contributed by atoms with E-state index in [1.165, 1.54) is 0 Å². The number of aliphatic hydroxyl groups excluding tert-OH is 1. The average molecular weight is 256 g/mol. The minimum absolute atomic E-state index is 0.128. The van der Waals surface area contributed by atoms with Gasteiger partial charge in [0.2, 0.25) is 0 Å². The van der Waals surface area contributed by atoms with Crippen LogP contribution in [0.3, 0.4) is 0 Å². The molecule has 1 aromatic carbocycles. The van der Waals surface area contributed by atoms with Crippen molar-refractivity contribution in [2.75, 3.05) is 12.4 Å². The van der Waals surface area contributed by atoms with Crippen LogP contribution in [0, 0.1) is 13.8 Å². The van der Waals surface area contributed by atoms with Crippen molar-refractivity contribution in [2.24, 2.45) is 0 Å². The summed E-state index contributed by atoms with van der Waals surface area (Å²) in [5.41, 5.74) is 1.77. The lowest BCUT2D eigenvalue weighted by atomic mass is 10.2. The van der Waals surface area contributed by atoms with Gasteiger partial charge in [-0.15, -0.1) is 0 Å². The summed E-state index contributed by atoms with van der Waals surface area (Å²) in [6.45, 7) is 3.84. The van der Waals surface area contributed by atoms with E-state index in [2.05, 4.69) is 0 Å². The van der Waals surface area contributed by atoms with Crippen molar-refractivity contribution in [3.05, 3.63) is 29.3 Å². The first-order valence-electron chi connectivity index (χ1n) is 5.88. The minimum Gasteiger partial charge on any atom is -0.396 e. The third-order valence-electron chi connectivity index (χ3n) is 2.75. The molecule has 0 atom stereocenters. The maximum Gasteiger partial charge on any atom is 0.178 e. The van der Waals surface area contributed by atoms with Gasteiger partial charge in [0.25, 0.3) is 0 Å². The van der Waals surface area contributed by atoms with Gasteiger partial charge >= 0.3 is 0 Å². The highest BCUT2D eigenvalue weighted by Crippen LogP contribution is 2.19. The number of unbranched alkanes of at least 4 members (excludes halogenated alkanes) is 2. The van der Waals surface area contributed by atoms with E-state index in [1.807, 2.05) is 26.0 Å². The van der Waals surface area contributed by atoms with Crippen molar-refractivity contribution in [1.29, 1.82) is 0 Å². The van der Waals surface area contributed by atoms with Gasteiger partial charge in [0, 0.05) is 6.61 Å². The van der Waals surface area contributed by atoms with Crippen molar-refractivity contribution < 1.29 is 13.5 Å². The van der Waals surface area contributed by atoms with Gasteiger partial charge in [-0.3, -0.25) is 0 Å². The Bertz CT molecular complexity index is 464. The highest BCUT2D eigenvalue weighted by molar-refractivity contribution is 7.91. The van der Waals surface area contributed by atoms with Gasteiger partial charge in [0.1, 0.15) is 0 Å². The number of aliphatic hydroxyl groups is 1. The maximum atomic E-state index is 12.1. The lowest BCUT2D eigenvalue weighted by molar-refractivity contribution is 0.284. The highest BCUT2D eigenvalue weighted by Gasteiger charge is 2.16. The van der Waals surface area contributed by atoms with Crippen LogP contribution >= 0.6 is 0 Å². The van der Waals surface area contributed by atoms with Crippen molar-refractivity contribution in [3.63, 3.8) is 0 Å². The Morgan fingerprint density at radius 1 is 1.12 bits per heavy atom. The standard InChI is InChI=1S/C13H20O3S/c1-11-6-7-12(2)13(10-11)17(15,16)9-5-3-4-8-14/h6-7,10,14H,3-5,8-9H2,1-2H3. The van der Waals surface area contributed by atoms with Crippen LogP contribution in [0.15, 0.2) is 23.1 Å². The van der Waals surface area contributed by atoms with Crippen molar-refractivity contribution in [2.45, 2.75) is 38.0 Å². The molecule has 0 aliphatic heterocycles. The molecule has 0 aliphatic rings.